The van der Waals surface area contributed by atoms with Gasteiger partial charge in [0.1, 0.15) is 0 Å². The van der Waals surface area contributed by atoms with Crippen LogP contribution < -0.4 is 9.62 Å². The number of sulfonamides is 1. The van der Waals surface area contributed by atoms with Crippen molar-refractivity contribution >= 4 is 32.9 Å². The largest absolute Gasteiger partial charge is 0.378 e. The molecule has 0 aromatic heterocycles. The lowest BCUT2D eigenvalue weighted by atomic mass is 10.1. The fourth-order valence-electron chi connectivity index (χ4n) is 2.76. The highest BCUT2D eigenvalue weighted by Gasteiger charge is 2.21. The summed E-state index contributed by atoms with van der Waals surface area (Å²) in [7, 11) is -2.24. The summed E-state index contributed by atoms with van der Waals surface area (Å²) < 4.78 is 26.8. The second-order valence-electron chi connectivity index (χ2n) is 6.42. The van der Waals surface area contributed by atoms with Crippen molar-refractivity contribution in [1.82, 2.24) is 0 Å². The minimum Gasteiger partial charge on any atom is -0.378 e. The van der Waals surface area contributed by atoms with Crippen LogP contribution in [0.5, 0.6) is 0 Å². The number of carbonyl (C=O) groups excluding carboxylic acids is 1. The van der Waals surface area contributed by atoms with E-state index in [1.54, 1.807) is 42.5 Å². The molecule has 0 spiro atoms. The van der Waals surface area contributed by atoms with Gasteiger partial charge >= 0.3 is 0 Å². The highest BCUT2D eigenvalue weighted by Crippen LogP contribution is 2.23. The van der Waals surface area contributed by atoms with Crippen molar-refractivity contribution in [2.75, 3.05) is 23.2 Å². The lowest BCUT2D eigenvalue weighted by molar-refractivity contribution is -0.384. The molecule has 3 aromatic rings. The molecule has 0 unspecified atom stereocenters. The number of benzene rings is 3. The van der Waals surface area contributed by atoms with Gasteiger partial charge in [-0.1, -0.05) is 30.3 Å². The maximum atomic E-state index is 12.8. The molecule has 0 aliphatic carbocycles. The van der Waals surface area contributed by atoms with Crippen LogP contribution in [0.3, 0.4) is 0 Å². The number of non-ortho nitro benzene ring substituents is 1. The molecule has 0 saturated carbocycles. The number of anilines is 2. The second-order valence-corrected chi connectivity index (χ2v) is 8.39. The lowest BCUT2D eigenvalue weighted by Crippen LogP contribution is -2.26. The molecule has 1 N–H and O–H groups in total. The summed E-state index contributed by atoms with van der Waals surface area (Å²) in [5.74, 6) is -0.320. The van der Waals surface area contributed by atoms with Crippen LogP contribution in [0.25, 0.3) is 0 Å². The highest BCUT2D eigenvalue weighted by molar-refractivity contribution is 7.92. The Hall–Kier alpha value is -3.72. The summed E-state index contributed by atoms with van der Waals surface area (Å²) in [6.45, 7) is -0.0861. The number of hydrogen-bond acceptors (Lipinski definition) is 6. The molecule has 0 amide bonds. The number of Topliss-reactive ketones (excluding diaryl/α,β-unsaturated/α-hetero) is 1. The molecule has 8 nitrogen and oxygen atoms in total. The first kappa shape index (κ1) is 21.0. The molecule has 3 aromatic carbocycles. The zero-order valence-corrected chi connectivity index (χ0v) is 16.9. The fourth-order valence-corrected chi connectivity index (χ4v) is 3.95. The molecule has 0 saturated heterocycles. The SMILES string of the molecule is CN(c1ccccc1)S(=O)(=O)c1ccc(NCC(=O)c2cccc([N+](=O)[O-])c2)cc1. The quantitative estimate of drug-likeness (QED) is 0.335. The Morgan fingerprint density at radius 1 is 1.00 bits per heavy atom. The summed E-state index contributed by atoms with van der Waals surface area (Å²) in [6, 6.07) is 20.2. The standard InChI is InChI=1S/C21H19N3O5S/c1-23(18-7-3-2-4-8-18)30(28,29)20-12-10-17(11-13-20)22-15-21(25)16-6-5-9-19(14-16)24(26)27/h2-14,22H,15H2,1H3. The van der Waals surface area contributed by atoms with Gasteiger partial charge in [-0.25, -0.2) is 8.42 Å². The van der Waals surface area contributed by atoms with E-state index in [2.05, 4.69) is 5.32 Å². The molecule has 0 bridgehead atoms. The van der Waals surface area contributed by atoms with E-state index in [-0.39, 0.29) is 28.5 Å². The van der Waals surface area contributed by atoms with Gasteiger partial charge in [-0.15, -0.1) is 0 Å². The number of nitrogens with zero attached hydrogens (tertiary/aromatic N) is 2. The Balaban J connectivity index is 1.68. The summed E-state index contributed by atoms with van der Waals surface area (Å²) >= 11 is 0. The Kier molecular flexibility index (Phi) is 6.12. The zero-order chi connectivity index (χ0) is 21.7. The van der Waals surface area contributed by atoms with Crippen molar-refractivity contribution in [2.45, 2.75) is 4.90 Å². The van der Waals surface area contributed by atoms with Gasteiger partial charge in [-0.2, -0.15) is 0 Å². The van der Waals surface area contributed by atoms with Crippen LogP contribution in [0.1, 0.15) is 10.4 Å². The predicted molar refractivity (Wildman–Crippen MR) is 114 cm³/mol. The van der Waals surface area contributed by atoms with Crippen molar-refractivity contribution in [3.63, 3.8) is 0 Å². The molecule has 3 rings (SSSR count). The third kappa shape index (κ3) is 4.64. The number of para-hydroxylation sites is 1. The van der Waals surface area contributed by atoms with Crippen LogP contribution >= 0.6 is 0 Å². The van der Waals surface area contributed by atoms with E-state index in [0.717, 1.165) is 0 Å². The number of hydrogen-bond donors (Lipinski definition) is 1. The van der Waals surface area contributed by atoms with E-state index in [0.29, 0.717) is 11.4 Å². The smallest absolute Gasteiger partial charge is 0.270 e. The normalized spacial score (nSPS) is 11.0. The van der Waals surface area contributed by atoms with Crippen molar-refractivity contribution in [3.05, 3.63) is 94.5 Å². The average Bonchev–Trinajstić information content (AvgIpc) is 2.77. The summed E-state index contributed by atoms with van der Waals surface area (Å²) in [6.07, 6.45) is 0. The minimum absolute atomic E-state index is 0.0861. The number of nitrogens with one attached hydrogen (secondary N) is 1. The Bertz CT molecular complexity index is 1160. The van der Waals surface area contributed by atoms with Gasteiger partial charge in [0.15, 0.2) is 5.78 Å². The second kappa shape index (κ2) is 8.75. The number of carbonyl (C=O) groups is 1. The molecular formula is C21H19N3O5S. The van der Waals surface area contributed by atoms with Gasteiger partial charge in [-0.3, -0.25) is 19.2 Å². The topological polar surface area (TPSA) is 110 Å². The molecular weight excluding hydrogens is 406 g/mol. The molecule has 30 heavy (non-hydrogen) atoms. The first-order valence-electron chi connectivity index (χ1n) is 8.94. The van der Waals surface area contributed by atoms with E-state index in [1.165, 1.54) is 47.8 Å². The number of ketones is 1. The van der Waals surface area contributed by atoms with Crippen molar-refractivity contribution in [1.29, 1.82) is 0 Å². The van der Waals surface area contributed by atoms with Gasteiger partial charge in [0, 0.05) is 30.4 Å². The summed E-state index contributed by atoms with van der Waals surface area (Å²) in [4.78, 5) is 22.7. The predicted octanol–water partition coefficient (Wildman–Crippen LogP) is 3.71. The zero-order valence-electron chi connectivity index (χ0n) is 16.1. The van der Waals surface area contributed by atoms with Crippen LogP contribution in [0.15, 0.2) is 83.8 Å². The van der Waals surface area contributed by atoms with E-state index in [4.69, 9.17) is 0 Å². The van der Waals surface area contributed by atoms with Crippen LogP contribution in [0, 0.1) is 10.1 Å². The Morgan fingerprint density at radius 2 is 1.67 bits per heavy atom. The highest BCUT2D eigenvalue weighted by atomic mass is 32.2. The van der Waals surface area contributed by atoms with Gasteiger partial charge in [0.05, 0.1) is 22.1 Å². The monoisotopic (exact) mass is 425 g/mol. The van der Waals surface area contributed by atoms with Crippen LogP contribution in [0.4, 0.5) is 17.1 Å². The number of rotatable bonds is 8. The number of nitro groups is 1. The maximum Gasteiger partial charge on any atom is 0.270 e. The van der Waals surface area contributed by atoms with E-state index >= 15 is 0 Å². The molecule has 0 atom stereocenters. The van der Waals surface area contributed by atoms with Crippen molar-refractivity contribution < 1.29 is 18.1 Å². The van der Waals surface area contributed by atoms with Gasteiger partial charge < -0.3 is 5.32 Å². The van der Waals surface area contributed by atoms with Crippen molar-refractivity contribution in [3.8, 4) is 0 Å². The van der Waals surface area contributed by atoms with Crippen LogP contribution in [-0.4, -0.2) is 32.7 Å². The Labute approximate surface area is 174 Å². The fraction of sp³-hybridized carbons (Fsp3) is 0.0952. The van der Waals surface area contributed by atoms with Crippen LogP contribution in [0.2, 0.25) is 0 Å². The lowest BCUT2D eigenvalue weighted by Gasteiger charge is -2.19. The minimum atomic E-state index is -3.72. The molecule has 9 heteroatoms. The molecule has 0 fully saturated rings. The maximum absolute atomic E-state index is 12.8. The molecule has 0 radical (unpaired) electrons. The summed E-state index contributed by atoms with van der Waals surface area (Å²) in [5, 5.41) is 13.7. The first-order valence-corrected chi connectivity index (χ1v) is 10.4. The molecule has 0 aliphatic heterocycles. The first-order chi connectivity index (χ1) is 14.3. The van der Waals surface area contributed by atoms with Gasteiger partial charge in [-0.05, 0) is 36.4 Å². The Morgan fingerprint density at radius 3 is 2.30 bits per heavy atom. The van der Waals surface area contributed by atoms with Gasteiger partial charge in [0.25, 0.3) is 15.7 Å². The average molecular weight is 425 g/mol. The number of nitro benzene ring substituents is 1. The van der Waals surface area contributed by atoms with E-state index in [9.17, 15) is 23.3 Å². The van der Waals surface area contributed by atoms with Crippen molar-refractivity contribution in [2.24, 2.45) is 0 Å². The third-order valence-electron chi connectivity index (χ3n) is 4.46. The molecule has 0 aliphatic rings. The molecule has 0 heterocycles. The van der Waals surface area contributed by atoms with Gasteiger partial charge in [0.2, 0.25) is 0 Å². The van der Waals surface area contributed by atoms with Crippen LogP contribution in [-0.2, 0) is 10.0 Å². The molecule has 154 valence electrons. The summed E-state index contributed by atoms with van der Waals surface area (Å²) in [5.41, 5.74) is 1.16. The third-order valence-corrected chi connectivity index (χ3v) is 6.26. The van der Waals surface area contributed by atoms with E-state index in [1.807, 2.05) is 0 Å². The van der Waals surface area contributed by atoms with E-state index < -0.39 is 14.9 Å².